The molecule has 1 saturated carbocycles. The number of amides is 1. The molecule has 0 aliphatic heterocycles. The maximum atomic E-state index is 12.4. The number of carbonyl (C=O) groups excluding carboxylic acids is 1. The average Bonchev–Trinajstić information content (AvgIpc) is 2.92. The van der Waals surface area contributed by atoms with Crippen LogP contribution in [0.25, 0.3) is 0 Å². The van der Waals surface area contributed by atoms with Gasteiger partial charge in [0.15, 0.2) is 11.6 Å². The number of carbonyl (C=O) groups is 1. The minimum Gasteiger partial charge on any atom is -0.445 e. The molecular weight excluding hydrogens is 302 g/mol. The second-order valence-corrected chi connectivity index (χ2v) is 6.26. The van der Waals surface area contributed by atoms with Crippen molar-refractivity contribution in [2.75, 3.05) is 24.5 Å². The molecule has 1 N–H and O–H groups in total. The summed E-state index contributed by atoms with van der Waals surface area (Å²) in [5.41, 5.74) is 1.60. The number of rotatable bonds is 7. The minimum atomic E-state index is -0.147. The van der Waals surface area contributed by atoms with E-state index in [1.165, 1.54) is 12.1 Å². The molecule has 1 amide bonds. The minimum absolute atomic E-state index is 0.147. The van der Waals surface area contributed by atoms with Gasteiger partial charge in [0.25, 0.3) is 5.91 Å². The molecule has 3 rings (SSSR count). The standard InChI is InChI=1S/C19H25N3O2/c1-3-22(16-10-5-4-6-11-16)13-12-20-18(23)17-14(2)24-19(21-17)15-8-7-9-15/h4-6,10-11,15H,3,7-9,12-13H2,1-2H3,(H,20,23). The molecule has 0 radical (unpaired) electrons. The molecule has 1 aliphatic rings. The van der Waals surface area contributed by atoms with Crippen molar-refractivity contribution in [3.05, 3.63) is 47.7 Å². The van der Waals surface area contributed by atoms with Crippen LogP contribution in [0.2, 0.25) is 0 Å². The molecule has 24 heavy (non-hydrogen) atoms. The molecule has 0 spiro atoms. The molecule has 2 aromatic rings. The van der Waals surface area contributed by atoms with Crippen LogP contribution in [0.3, 0.4) is 0 Å². The largest absolute Gasteiger partial charge is 0.445 e. The number of nitrogens with zero attached hydrogens (tertiary/aromatic N) is 2. The Kier molecular flexibility index (Phi) is 5.18. The topological polar surface area (TPSA) is 58.4 Å². The Labute approximate surface area is 143 Å². The van der Waals surface area contributed by atoms with Crippen molar-refractivity contribution in [3.8, 4) is 0 Å². The van der Waals surface area contributed by atoms with Crippen molar-refractivity contribution >= 4 is 11.6 Å². The first-order chi connectivity index (χ1) is 11.7. The highest BCUT2D eigenvalue weighted by atomic mass is 16.4. The van der Waals surface area contributed by atoms with E-state index in [4.69, 9.17) is 4.42 Å². The molecule has 5 heteroatoms. The number of para-hydroxylation sites is 1. The fourth-order valence-corrected chi connectivity index (χ4v) is 2.95. The first-order valence-corrected chi connectivity index (χ1v) is 8.74. The van der Waals surface area contributed by atoms with Gasteiger partial charge in [0, 0.05) is 31.2 Å². The van der Waals surface area contributed by atoms with Crippen molar-refractivity contribution < 1.29 is 9.21 Å². The Morgan fingerprint density at radius 2 is 2.08 bits per heavy atom. The van der Waals surface area contributed by atoms with Crippen molar-refractivity contribution in [1.29, 1.82) is 0 Å². The van der Waals surface area contributed by atoms with Gasteiger partial charge in [-0.15, -0.1) is 0 Å². The van der Waals surface area contributed by atoms with Gasteiger partial charge in [-0.25, -0.2) is 4.98 Å². The first kappa shape index (κ1) is 16.6. The maximum absolute atomic E-state index is 12.4. The highest BCUT2D eigenvalue weighted by molar-refractivity contribution is 5.93. The summed E-state index contributed by atoms with van der Waals surface area (Å²) in [7, 11) is 0. The molecule has 1 fully saturated rings. The average molecular weight is 327 g/mol. The van der Waals surface area contributed by atoms with Crippen LogP contribution in [0.1, 0.15) is 54.2 Å². The van der Waals surface area contributed by atoms with E-state index >= 15 is 0 Å². The van der Waals surface area contributed by atoms with E-state index < -0.39 is 0 Å². The summed E-state index contributed by atoms with van der Waals surface area (Å²) in [5, 5.41) is 2.96. The highest BCUT2D eigenvalue weighted by Gasteiger charge is 2.27. The Morgan fingerprint density at radius 1 is 1.33 bits per heavy atom. The lowest BCUT2D eigenvalue weighted by atomic mass is 9.85. The van der Waals surface area contributed by atoms with E-state index in [9.17, 15) is 4.79 Å². The van der Waals surface area contributed by atoms with Gasteiger partial charge in [0.2, 0.25) is 0 Å². The number of oxazole rings is 1. The SMILES string of the molecule is CCN(CCNC(=O)c1nc(C2CCC2)oc1C)c1ccccc1. The van der Waals surface area contributed by atoms with Crippen molar-refractivity contribution in [1.82, 2.24) is 10.3 Å². The first-order valence-electron chi connectivity index (χ1n) is 8.74. The molecule has 1 aliphatic carbocycles. The Hall–Kier alpha value is -2.30. The molecule has 128 valence electrons. The molecule has 1 heterocycles. The zero-order valence-corrected chi connectivity index (χ0v) is 14.4. The summed E-state index contributed by atoms with van der Waals surface area (Å²) in [6, 6.07) is 10.2. The predicted octanol–water partition coefficient (Wildman–Crippen LogP) is 3.51. The van der Waals surface area contributed by atoms with Gasteiger partial charge in [0.1, 0.15) is 5.76 Å². The normalized spacial score (nSPS) is 14.2. The predicted molar refractivity (Wildman–Crippen MR) is 94.5 cm³/mol. The van der Waals surface area contributed by atoms with Gasteiger partial charge < -0.3 is 14.6 Å². The van der Waals surface area contributed by atoms with Crippen LogP contribution in [0.15, 0.2) is 34.7 Å². The molecule has 0 saturated heterocycles. The lowest BCUT2D eigenvalue weighted by Gasteiger charge is -2.23. The van der Waals surface area contributed by atoms with Gasteiger partial charge in [-0.1, -0.05) is 24.6 Å². The van der Waals surface area contributed by atoms with Crippen LogP contribution in [0.4, 0.5) is 5.69 Å². The lowest BCUT2D eigenvalue weighted by molar-refractivity contribution is 0.0948. The van der Waals surface area contributed by atoms with E-state index in [0.717, 1.165) is 31.8 Å². The summed E-state index contributed by atoms with van der Waals surface area (Å²) in [6.07, 6.45) is 3.45. The van der Waals surface area contributed by atoms with Crippen LogP contribution < -0.4 is 10.2 Å². The third-order valence-electron chi connectivity index (χ3n) is 4.65. The summed E-state index contributed by atoms with van der Waals surface area (Å²) in [6.45, 7) is 6.16. The second kappa shape index (κ2) is 7.51. The van der Waals surface area contributed by atoms with E-state index in [1.807, 2.05) is 25.1 Å². The van der Waals surface area contributed by atoms with Crippen molar-refractivity contribution in [2.24, 2.45) is 0 Å². The molecule has 0 bridgehead atoms. The second-order valence-electron chi connectivity index (χ2n) is 6.26. The fraction of sp³-hybridized carbons (Fsp3) is 0.474. The van der Waals surface area contributed by atoms with Gasteiger partial charge in [-0.2, -0.15) is 0 Å². The van der Waals surface area contributed by atoms with E-state index in [2.05, 4.69) is 34.3 Å². The number of anilines is 1. The third kappa shape index (κ3) is 3.61. The van der Waals surface area contributed by atoms with E-state index in [-0.39, 0.29) is 5.91 Å². The summed E-state index contributed by atoms with van der Waals surface area (Å²) < 4.78 is 5.68. The number of benzene rings is 1. The zero-order chi connectivity index (χ0) is 16.9. The van der Waals surface area contributed by atoms with Gasteiger partial charge in [-0.05, 0) is 38.8 Å². The molecule has 1 aromatic heterocycles. The maximum Gasteiger partial charge on any atom is 0.273 e. The number of likely N-dealkylation sites (N-methyl/N-ethyl adjacent to an activating group) is 1. The highest BCUT2D eigenvalue weighted by Crippen LogP contribution is 2.36. The van der Waals surface area contributed by atoms with Crippen molar-refractivity contribution in [2.45, 2.75) is 39.0 Å². The van der Waals surface area contributed by atoms with Crippen LogP contribution in [-0.4, -0.2) is 30.5 Å². The number of hydrogen-bond donors (Lipinski definition) is 1. The van der Waals surface area contributed by atoms with Crippen LogP contribution >= 0.6 is 0 Å². The quantitative estimate of drug-likeness (QED) is 0.845. The third-order valence-corrected chi connectivity index (χ3v) is 4.65. The summed E-state index contributed by atoms with van der Waals surface area (Å²) in [4.78, 5) is 19.0. The number of aromatic nitrogens is 1. The van der Waals surface area contributed by atoms with Crippen LogP contribution in [0, 0.1) is 6.92 Å². The number of hydrogen-bond acceptors (Lipinski definition) is 4. The zero-order valence-electron chi connectivity index (χ0n) is 14.4. The molecule has 1 aromatic carbocycles. The monoisotopic (exact) mass is 327 g/mol. The summed E-state index contributed by atoms with van der Waals surface area (Å²) >= 11 is 0. The number of nitrogens with one attached hydrogen (secondary N) is 1. The molecule has 0 unspecified atom stereocenters. The number of aryl methyl sites for hydroxylation is 1. The van der Waals surface area contributed by atoms with E-state index in [1.54, 1.807) is 0 Å². The summed E-state index contributed by atoms with van der Waals surface area (Å²) in [5.74, 6) is 1.60. The Morgan fingerprint density at radius 3 is 2.71 bits per heavy atom. The molecule has 0 atom stereocenters. The van der Waals surface area contributed by atoms with Crippen molar-refractivity contribution in [3.63, 3.8) is 0 Å². The molecule has 5 nitrogen and oxygen atoms in total. The van der Waals surface area contributed by atoms with E-state index in [0.29, 0.717) is 23.9 Å². The fourth-order valence-electron chi connectivity index (χ4n) is 2.95. The van der Waals surface area contributed by atoms with Gasteiger partial charge in [-0.3, -0.25) is 4.79 Å². The van der Waals surface area contributed by atoms with Crippen LogP contribution in [-0.2, 0) is 0 Å². The molecular formula is C19H25N3O2. The Balaban J connectivity index is 1.54. The smallest absolute Gasteiger partial charge is 0.273 e. The lowest BCUT2D eigenvalue weighted by Crippen LogP contribution is -2.35. The Bertz CT molecular complexity index is 677. The van der Waals surface area contributed by atoms with Crippen LogP contribution in [0.5, 0.6) is 0 Å². The van der Waals surface area contributed by atoms with Gasteiger partial charge >= 0.3 is 0 Å². The van der Waals surface area contributed by atoms with Gasteiger partial charge in [0.05, 0.1) is 0 Å².